The Morgan fingerprint density at radius 2 is 1.72 bits per heavy atom. The van der Waals surface area contributed by atoms with Crippen molar-refractivity contribution in [2.45, 2.75) is 18.2 Å². The molecule has 1 N–H and O–H groups in total. The van der Waals surface area contributed by atoms with E-state index in [0.717, 1.165) is 5.56 Å². The summed E-state index contributed by atoms with van der Waals surface area (Å²) in [5, 5.41) is 2.96. The van der Waals surface area contributed by atoms with Gasteiger partial charge < -0.3 is 10.1 Å². The van der Waals surface area contributed by atoms with Gasteiger partial charge in [0.1, 0.15) is 11.4 Å². The lowest BCUT2D eigenvalue weighted by molar-refractivity contribution is 0.0524. The van der Waals surface area contributed by atoms with Crippen LogP contribution in [0.2, 0.25) is 0 Å². The molecule has 0 saturated carbocycles. The number of ketones is 1. The number of esters is 1. The van der Waals surface area contributed by atoms with Crippen LogP contribution >= 0.6 is 11.8 Å². The summed E-state index contributed by atoms with van der Waals surface area (Å²) in [6, 6.07) is 18.8. The maximum Gasteiger partial charge on any atom is 0.342 e. The molecule has 7 heteroatoms. The van der Waals surface area contributed by atoms with Gasteiger partial charge in [-0.05, 0) is 18.7 Å². The third-order valence-electron chi connectivity index (χ3n) is 4.71. The van der Waals surface area contributed by atoms with Crippen molar-refractivity contribution in [2.75, 3.05) is 25.2 Å². The van der Waals surface area contributed by atoms with Crippen LogP contribution in [0.3, 0.4) is 0 Å². The van der Waals surface area contributed by atoms with Gasteiger partial charge in [-0.1, -0.05) is 60.7 Å². The fourth-order valence-electron chi connectivity index (χ4n) is 3.33. The number of pyridine rings is 1. The van der Waals surface area contributed by atoms with E-state index in [-0.39, 0.29) is 29.3 Å². The minimum atomic E-state index is -0.604. The summed E-state index contributed by atoms with van der Waals surface area (Å²) in [5.41, 5.74) is 2.63. The third kappa shape index (κ3) is 5.23. The Bertz CT molecular complexity index is 1120. The summed E-state index contributed by atoms with van der Waals surface area (Å²) in [4.78, 5) is 36.0. The number of rotatable bonds is 9. The van der Waals surface area contributed by atoms with Gasteiger partial charge in [-0.2, -0.15) is 0 Å². The highest BCUT2D eigenvalue weighted by molar-refractivity contribution is 7.98. The van der Waals surface area contributed by atoms with E-state index in [1.54, 1.807) is 38.2 Å². The van der Waals surface area contributed by atoms with Gasteiger partial charge in [0, 0.05) is 23.9 Å². The number of carbonyl (C=O) groups is 2. The van der Waals surface area contributed by atoms with E-state index in [4.69, 9.17) is 9.72 Å². The quantitative estimate of drug-likeness (QED) is 0.166. The first-order valence-electron chi connectivity index (χ1n) is 10.2. The zero-order chi connectivity index (χ0) is 22.9. The summed E-state index contributed by atoms with van der Waals surface area (Å²) in [5.74, 6) is -0.615. The predicted molar refractivity (Wildman–Crippen MR) is 129 cm³/mol. The molecule has 3 aromatic rings. The first kappa shape index (κ1) is 23.2. The highest BCUT2D eigenvalue weighted by Gasteiger charge is 2.30. The number of benzene rings is 2. The van der Waals surface area contributed by atoms with Crippen LogP contribution in [-0.2, 0) is 11.2 Å². The number of thioether (sulfide) groups is 1. The first-order chi connectivity index (χ1) is 15.6. The summed E-state index contributed by atoms with van der Waals surface area (Å²) < 4.78 is 5.31. The van der Waals surface area contributed by atoms with Crippen LogP contribution in [0, 0.1) is 0 Å². The molecule has 0 aliphatic carbocycles. The van der Waals surface area contributed by atoms with E-state index in [1.165, 1.54) is 18.1 Å². The van der Waals surface area contributed by atoms with Crippen molar-refractivity contribution in [1.82, 2.24) is 4.98 Å². The Morgan fingerprint density at radius 3 is 2.31 bits per heavy atom. The molecule has 2 aromatic carbocycles. The van der Waals surface area contributed by atoms with Crippen molar-refractivity contribution in [2.24, 2.45) is 4.99 Å². The van der Waals surface area contributed by atoms with Crippen LogP contribution in [0.25, 0.3) is 0 Å². The Kier molecular flexibility index (Phi) is 8.16. The van der Waals surface area contributed by atoms with Gasteiger partial charge in [0.05, 0.1) is 24.2 Å². The second-order valence-electron chi connectivity index (χ2n) is 6.80. The third-order valence-corrected chi connectivity index (χ3v) is 5.56. The fourth-order valence-corrected chi connectivity index (χ4v) is 4.08. The van der Waals surface area contributed by atoms with Crippen LogP contribution in [0.15, 0.2) is 70.6 Å². The van der Waals surface area contributed by atoms with E-state index in [0.29, 0.717) is 22.6 Å². The average Bonchev–Trinajstić information content (AvgIpc) is 2.83. The normalized spacial score (nSPS) is 10.8. The standard InChI is InChI=1S/C25H25N3O3S/c1-4-31-25(30)21-20(22(29)18-13-9-6-10-14-18)23(32-3)19(28-24(21)27-16-26-2)15-17-11-7-5-8-12-17/h5-14,16H,4,15H2,1-3H3,(H,26,27,28). The molecule has 0 spiro atoms. The molecule has 32 heavy (non-hydrogen) atoms. The minimum absolute atomic E-state index is 0.113. The lowest BCUT2D eigenvalue weighted by atomic mass is 9.96. The maximum absolute atomic E-state index is 13.7. The number of carbonyl (C=O) groups excluding carboxylic acids is 2. The molecular weight excluding hydrogens is 422 g/mol. The molecule has 0 aliphatic rings. The average molecular weight is 448 g/mol. The molecule has 0 unspecified atom stereocenters. The molecule has 0 aliphatic heterocycles. The second-order valence-corrected chi connectivity index (χ2v) is 7.62. The lowest BCUT2D eigenvalue weighted by Crippen LogP contribution is -2.20. The lowest BCUT2D eigenvalue weighted by Gasteiger charge is -2.19. The fraction of sp³-hybridized carbons (Fsp3) is 0.200. The monoisotopic (exact) mass is 447 g/mol. The number of ether oxygens (including phenoxy) is 1. The van der Waals surface area contributed by atoms with E-state index in [9.17, 15) is 9.59 Å². The van der Waals surface area contributed by atoms with E-state index in [1.807, 2.05) is 42.7 Å². The molecule has 164 valence electrons. The topological polar surface area (TPSA) is 80.7 Å². The number of hydrogen-bond acceptors (Lipinski definition) is 6. The minimum Gasteiger partial charge on any atom is -0.462 e. The van der Waals surface area contributed by atoms with Gasteiger partial charge in [-0.25, -0.2) is 9.78 Å². The van der Waals surface area contributed by atoms with Crippen molar-refractivity contribution in [3.63, 3.8) is 0 Å². The van der Waals surface area contributed by atoms with Crippen molar-refractivity contribution < 1.29 is 14.3 Å². The molecule has 3 rings (SSSR count). The van der Waals surface area contributed by atoms with Gasteiger partial charge in [-0.3, -0.25) is 9.79 Å². The molecule has 0 fully saturated rings. The van der Waals surface area contributed by atoms with Crippen molar-refractivity contribution >= 4 is 35.7 Å². The number of aliphatic imine (C=N–C) groups is 1. The van der Waals surface area contributed by atoms with Crippen molar-refractivity contribution in [3.05, 3.63) is 88.6 Å². The highest BCUT2D eigenvalue weighted by Crippen LogP contribution is 2.34. The van der Waals surface area contributed by atoms with Gasteiger partial charge in [0.25, 0.3) is 0 Å². The number of anilines is 1. The molecular formula is C25H25N3O3S. The Morgan fingerprint density at radius 1 is 1.06 bits per heavy atom. The van der Waals surface area contributed by atoms with Crippen LogP contribution < -0.4 is 5.32 Å². The van der Waals surface area contributed by atoms with E-state index < -0.39 is 5.97 Å². The summed E-state index contributed by atoms with van der Waals surface area (Å²) >= 11 is 1.39. The van der Waals surface area contributed by atoms with E-state index in [2.05, 4.69) is 10.3 Å². The molecule has 0 saturated heterocycles. The summed E-state index contributed by atoms with van der Waals surface area (Å²) in [7, 11) is 1.61. The zero-order valence-electron chi connectivity index (χ0n) is 18.3. The molecule has 6 nitrogen and oxygen atoms in total. The van der Waals surface area contributed by atoms with Crippen LogP contribution in [0.4, 0.5) is 5.82 Å². The number of aromatic nitrogens is 1. The largest absolute Gasteiger partial charge is 0.462 e. The highest BCUT2D eigenvalue weighted by atomic mass is 32.2. The Balaban J connectivity index is 2.30. The predicted octanol–water partition coefficient (Wildman–Crippen LogP) is 4.87. The number of hydrogen-bond donors (Lipinski definition) is 1. The summed E-state index contributed by atoms with van der Waals surface area (Å²) in [6.07, 6.45) is 3.82. The number of nitrogens with zero attached hydrogens (tertiary/aromatic N) is 2. The Labute approximate surface area is 192 Å². The zero-order valence-corrected chi connectivity index (χ0v) is 19.1. The molecule has 1 heterocycles. The molecule has 1 aromatic heterocycles. The number of nitrogens with one attached hydrogen (secondary N) is 1. The van der Waals surface area contributed by atoms with Crippen LogP contribution in [-0.4, -0.2) is 43.0 Å². The van der Waals surface area contributed by atoms with E-state index >= 15 is 0 Å². The SMILES string of the molecule is CCOC(=O)c1c(NC=NC)nc(Cc2ccccc2)c(SC)c1C(=O)c1ccccc1. The smallest absolute Gasteiger partial charge is 0.342 e. The van der Waals surface area contributed by atoms with Gasteiger partial charge in [-0.15, -0.1) is 11.8 Å². The second kappa shape index (κ2) is 11.2. The maximum atomic E-state index is 13.7. The summed E-state index contributed by atoms with van der Waals surface area (Å²) in [6.45, 7) is 1.91. The molecule has 0 amide bonds. The Hall–Kier alpha value is -3.45. The van der Waals surface area contributed by atoms with Crippen molar-refractivity contribution in [1.29, 1.82) is 0 Å². The first-order valence-corrected chi connectivity index (χ1v) is 11.4. The van der Waals surface area contributed by atoms with Gasteiger partial charge in [0.15, 0.2) is 5.78 Å². The molecule has 0 atom stereocenters. The van der Waals surface area contributed by atoms with Crippen LogP contribution in [0.5, 0.6) is 0 Å². The molecule has 0 bridgehead atoms. The van der Waals surface area contributed by atoms with Gasteiger partial charge in [0.2, 0.25) is 0 Å². The van der Waals surface area contributed by atoms with Crippen molar-refractivity contribution in [3.8, 4) is 0 Å². The van der Waals surface area contributed by atoms with Crippen LogP contribution in [0.1, 0.15) is 44.5 Å². The van der Waals surface area contributed by atoms with Gasteiger partial charge >= 0.3 is 5.97 Å². The molecule has 0 radical (unpaired) electrons.